The third-order valence-corrected chi connectivity index (χ3v) is 4.23. The van der Waals surface area contributed by atoms with Crippen molar-refractivity contribution < 1.29 is 19.1 Å². The number of anilines is 2. The van der Waals surface area contributed by atoms with Crippen molar-refractivity contribution >= 4 is 40.3 Å². The number of carbonyl (C=O) groups excluding carboxylic acids is 3. The molecule has 0 radical (unpaired) electrons. The Labute approximate surface area is 145 Å². The van der Waals surface area contributed by atoms with Crippen LogP contribution in [0.2, 0.25) is 0 Å². The van der Waals surface area contributed by atoms with E-state index in [2.05, 4.69) is 5.32 Å². The van der Waals surface area contributed by atoms with Crippen LogP contribution in [0, 0.1) is 0 Å². The third kappa shape index (κ3) is 4.99. The summed E-state index contributed by atoms with van der Waals surface area (Å²) in [6, 6.07) is 7.07. The Morgan fingerprint density at radius 2 is 1.96 bits per heavy atom. The molecule has 1 fully saturated rings. The smallest absolute Gasteiger partial charge is 0.412 e. The molecule has 1 aromatic rings. The largest absolute Gasteiger partial charge is 0.444 e. The van der Waals surface area contributed by atoms with Crippen molar-refractivity contribution in [1.82, 2.24) is 0 Å². The van der Waals surface area contributed by atoms with Crippen LogP contribution in [0.15, 0.2) is 24.3 Å². The highest BCUT2D eigenvalue weighted by atomic mass is 32.2. The van der Waals surface area contributed by atoms with Crippen molar-refractivity contribution in [1.29, 1.82) is 0 Å². The minimum absolute atomic E-state index is 0.00480. The number of ether oxygens (including phenoxy) is 1. The first kappa shape index (κ1) is 18.3. The summed E-state index contributed by atoms with van der Waals surface area (Å²) in [5.74, 6) is -0.0628. The highest BCUT2D eigenvalue weighted by Crippen LogP contribution is 2.33. The molecule has 2 amide bonds. The molecule has 130 valence electrons. The van der Waals surface area contributed by atoms with Crippen LogP contribution in [0.25, 0.3) is 0 Å². The first-order valence-corrected chi connectivity index (χ1v) is 8.60. The van der Waals surface area contributed by atoms with E-state index in [9.17, 15) is 14.4 Å². The molecule has 1 heterocycles. The molecule has 1 unspecified atom stereocenters. The van der Waals surface area contributed by atoms with E-state index in [1.54, 1.807) is 49.9 Å². The summed E-state index contributed by atoms with van der Waals surface area (Å²) >= 11 is 1.18. The van der Waals surface area contributed by atoms with Crippen LogP contribution in [0.4, 0.5) is 16.2 Å². The molecule has 1 saturated heterocycles. The number of carbonyl (C=O) groups is 3. The second kappa shape index (κ2) is 7.25. The SMILES string of the molecule is CC(=O)SC1CC(=O)N(c2ccccc2NC(=O)OC(C)(C)C)C1. The zero-order valence-corrected chi connectivity index (χ0v) is 15.1. The molecule has 0 saturated carbocycles. The average molecular weight is 350 g/mol. The fraction of sp³-hybridized carbons (Fsp3) is 0.471. The van der Waals surface area contributed by atoms with Gasteiger partial charge in [-0.15, -0.1) is 0 Å². The molecule has 2 rings (SSSR count). The molecule has 1 aliphatic heterocycles. The molecular weight excluding hydrogens is 328 g/mol. The van der Waals surface area contributed by atoms with Crippen molar-refractivity contribution in [3.05, 3.63) is 24.3 Å². The number of nitrogens with one attached hydrogen (secondary N) is 1. The number of para-hydroxylation sites is 2. The second-order valence-corrected chi connectivity index (χ2v) is 8.06. The molecule has 1 atom stereocenters. The summed E-state index contributed by atoms with van der Waals surface area (Å²) in [5, 5.41) is 2.62. The maximum Gasteiger partial charge on any atom is 0.412 e. The molecule has 0 spiro atoms. The average Bonchev–Trinajstić information content (AvgIpc) is 2.76. The van der Waals surface area contributed by atoms with E-state index in [1.165, 1.54) is 18.7 Å². The van der Waals surface area contributed by atoms with Gasteiger partial charge in [-0.2, -0.15) is 0 Å². The number of nitrogens with zero attached hydrogens (tertiary/aromatic N) is 1. The molecular formula is C17H22N2O4S. The standard InChI is InChI=1S/C17H22N2O4S/c1-11(20)24-12-9-15(21)19(10-12)14-8-6-5-7-13(14)18-16(22)23-17(2,3)4/h5-8,12H,9-10H2,1-4H3,(H,18,22). The molecule has 6 nitrogen and oxygen atoms in total. The van der Waals surface area contributed by atoms with Crippen molar-refractivity contribution in [3.63, 3.8) is 0 Å². The predicted octanol–water partition coefficient (Wildman–Crippen LogP) is 3.42. The lowest BCUT2D eigenvalue weighted by molar-refractivity contribution is -0.117. The van der Waals surface area contributed by atoms with Crippen molar-refractivity contribution in [2.75, 3.05) is 16.8 Å². The summed E-state index contributed by atoms with van der Waals surface area (Å²) in [5.41, 5.74) is 0.514. The lowest BCUT2D eigenvalue weighted by Crippen LogP contribution is -2.29. The number of benzene rings is 1. The Morgan fingerprint density at radius 3 is 2.58 bits per heavy atom. The number of thioether (sulfide) groups is 1. The second-order valence-electron chi connectivity index (χ2n) is 6.58. The Balaban J connectivity index is 2.15. The molecule has 0 bridgehead atoms. The van der Waals surface area contributed by atoms with Gasteiger partial charge in [-0.25, -0.2) is 4.79 Å². The monoisotopic (exact) mass is 350 g/mol. The van der Waals surface area contributed by atoms with E-state index >= 15 is 0 Å². The van der Waals surface area contributed by atoms with Crippen LogP contribution in [0.1, 0.15) is 34.1 Å². The Hall–Kier alpha value is -2.02. The van der Waals surface area contributed by atoms with Gasteiger partial charge in [0.15, 0.2) is 5.12 Å². The fourth-order valence-electron chi connectivity index (χ4n) is 2.45. The Kier molecular flexibility index (Phi) is 5.54. The zero-order chi connectivity index (χ0) is 17.9. The van der Waals surface area contributed by atoms with E-state index in [0.29, 0.717) is 24.3 Å². The fourth-order valence-corrected chi connectivity index (χ4v) is 3.37. The van der Waals surface area contributed by atoms with Crippen LogP contribution >= 0.6 is 11.8 Å². The minimum Gasteiger partial charge on any atom is -0.444 e. The van der Waals surface area contributed by atoms with E-state index in [0.717, 1.165) is 0 Å². The minimum atomic E-state index is -0.605. The molecule has 1 N–H and O–H groups in total. The number of hydrogen-bond acceptors (Lipinski definition) is 5. The molecule has 1 aliphatic rings. The third-order valence-electron chi connectivity index (χ3n) is 3.25. The highest BCUT2D eigenvalue weighted by Gasteiger charge is 2.33. The van der Waals surface area contributed by atoms with Gasteiger partial charge in [0.1, 0.15) is 5.60 Å². The summed E-state index contributed by atoms with van der Waals surface area (Å²) < 4.78 is 5.26. The number of hydrogen-bond donors (Lipinski definition) is 1. The Morgan fingerprint density at radius 1 is 1.29 bits per heavy atom. The summed E-state index contributed by atoms with van der Waals surface area (Å²) in [7, 11) is 0. The number of amides is 2. The van der Waals surface area contributed by atoms with Gasteiger partial charge in [0.25, 0.3) is 0 Å². The lowest BCUT2D eigenvalue weighted by atomic mass is 10.2. The van der Waals surface area contributed by atoms with Crippen LogP contribution in [0.3, 0.4) is 0 Å². The molecule has 0 aromatic heterocycles. The highest BCUT2D eigenvalue weighted by molar-refractivity contribution is 8.14. The van der Waals surface area contributed by atoms with Gasteiger partial charge in [0.2, 0.25) is 5.91 Å². The van der Waals surface area contributed by atoms with Crippen LogP contribution < -0.4 is 10.2 Å². The zero-order valence-electron chi connectivity index (χ0n) is 14.3. The van der Waals surface area contributed by atoms with Crippen LogP contribution in [-0.2, 0) is 14.3 Å². The van der Waals surface area contributed by atoms with E-state index in [-0.39, 0.29) is 16.3 Å². The van der Waals surface area contributed by atoms with Gasteiger partial charge in [0.05, 0.1) is 11.4 Å². The molecule has 24 heavy (non-hydrogen) atoms. The van der Waals surface area contributed by atoms with E-state index < -0.39 is 11.7 Å². The summed E-state index contributed by atoms with van der Waals surface area (Å²) in [6.45, 7) is 7.29. The van der Waals surface area contributed by atoms with Crippen LogP contribution in [0.5, 0.6) is 0 Å². The predicted molar refractivity (Wildman–Crippen MR) is 95.3 cm³/mol. The lowest BCUT2D eigenvalue weighted by Gasteiger charge is -2.23. The van der Waals surface area contributed by atoms with E-state index in [4.69, 9.17) is 4.74 Å². The van der Waals surface area contributed by atoms with Gasteiger partial charge >= 0.3 is 6.09 Å². The molecule has 1 aromatic carbocycles. The van der Waals surface area contributed by atoms with Crippen LogP contribution in [-0.4, -0.2) is 34.5 Å². The van der Waals surface area contributed by atoms with Gasteiger partial charge in [0, 0.05) is 25.1 Å². The molecule has 7 heteroatoms. The van der Waals surface area contributed by atoms with Crippen molar-refractivity contribution in [2.24, 2.45) is 0 Å². The summed E-state index contributed by atoms with van der Waals surface area (Å²) in [4.78, 5) is 37.2. The van der Waals surface area contributed by atoms with Gasteiger partial charge in [-0.3, -0.25) is 14.9 Å². The number of rotatable bonds is 3. The first-order valence-electron chi connectivity index (χ1n) is 7.72. The topological polar surface area (TPSA) is 75.7 Å². The first-order chi connectivity index (χ1) is 11.2. The summed E-state index contributed by atoms with van der Waals surface area (Å²) in [6.07, 6.45) is -0.262. The van der Waals surface area contributed by atoms with Crippen molar-refractivity contribution in [3.8, 4) is 0 Å². The maximum absolute atomic E-state index is 12.3. The van der Waals surface area contributed by atoms with Gasteiger partial charge in [-0.1, -0.05) is 23.9 Å². The van der Waals surface area contributed by atoms with E-state index in [1.807, 2.05) is 0 Å². The van der Waals surface area contributed by atoms with Gasteiger partial charge in [-0.05, 0) is 32.9 Å². The quantitative estimate of drug-likeness (QED) is 0.904. The van der Waals surface area contributed by atoms with Gasteiger partial charge < -0.3 is 9.64 Å². The molecule has 0 aliphatic carbocycles. The van der Waals surface area contributed by atoms with Crippen molar-refractivity contribution in [2.45, 2.75) is 45.0 Å². The normalized spacial score (nSPS) is 17.8. The maximum atomic E-state index is 12.3. The Bertz CT molecular complexity index is 654.